The molecule has 3 aromatic rings. The van der Waals surface area contributed by atoms with Gasteiger partial charge in [0.15, 0.2) is 0 Å². The minimum absolute atomic E-state index is 0.580. The maximum Gasteiger partial charge on any atom is 0.111 e. The summed E-state index contributed by atoms with van der Waals surface area (Å²) in [7, 11) is 1.97. The van der Waals surface area contributed by atoms with Crippen molar-refractivity contribution in [3.8, 4) is 0 Å². The molecule has 21 heavy (non-hydrogen) atoms. The number of aromatic nitrogens is 4. The molecule has 4 nitrogen and oxygen atoms in total. The highest BCUT2D eigenvalue weighted by Crippen LogP contribution is 2.22. The first-order valence-electron chi connectivity index (χ1n) is 6.86. The van der Waals surface area contributed by atoms with Crippen molar-refractivity contribution < 1.29 is 0 Å². The number of imidazole rings is 1. The lowest BCUT2D eigenvalue weighted by atomic mass is 10.2. The van der Waals surface area contributed by atoms with Gasteiger partial charge in [-0.1, -0.05) is 15.9 Å². The Labute approximate surface area is 136 Å². The van der Waals surface area contributed by atoms with Gasteiger partial charge in [-0.2, -0.15) is 5.10 Å². The highest BCUT2D eigenvalue weighted by atomic mass is 79.9. The van der Waals surface area contributed by atoms with Crippen molar-refractivity contribution >= 4 is 38.6 Å². The molecule has 0 N–H and O–H groups in total. The number of rotatable bonds is 5. The molecule has 0 bridgehead atoms. The summed E-state index contributed by atoms with van der Waals surface area (Å²) in [6.07, 6.45) is 3.53. The summed E-state index contributed by atoms with van der Waals surface area (Å²) in [5.74, 6) is 1.62. The average molecular weight is 368 g/mol. The van der Waals surface area contributed by atoms with Crippen molar-refractivity contribution in [2.24, 2.45) is 7.05 Å². The molecule has 0 unspecified atom stereocenters. The first-order valence-corrected chi connectivity index (χ1v) is 8.19. The van der Waals surface area contributed by atoms with Crippen LogP contribution in [0, 0.1) is 0 Å². The van der Waals surface area contributed by atoms with E-state index in [1.807, 2.05) is 30.1 Å². The van der Waals surface area contributed by atoms with E-state index in [4.69, 9.17) is 16.6 Å². The van der Waals surface area contributed by atoms with Crippen LogP contribution in [0.25, 0.3) is 11.0 Å². The number of aryl methyl sites for hydroxylation is 4. The van der Waals surface area contributed by atoms with Crippen LogP contribution >= 0.6 is 27.5 Å². The molecular weight excluding hydrogens is 352 g/mol. The van der Waals surface area contributed by atoms with Gasteiger partial charge in [0.1, 0.15) is 5.82 Å². The zero-order valence-corrected chi connectivity index (χ0v) is 14.1. The minimum atomic E-state index is 0.580. The van der Waals surface area contributed by atoms with Crippen LogP contribution in [0.1, 0.15) is 11.5 Å². The van der Waals surface area contributed by atoms with E-state index in [0.29, 0.717) is 5.88 Å². The number of hydrogen-bond acceptors (Lipinski definition) is 2. The molecule has 0 saturated carbocycles. The predicted octanol–water partition coefficient (Wildman–Crippen LogP) is 3.56. The van der Waals surface area contributed by atoms with Gasteiger partial charge in [0, 0.05) is 48.7 Å². The number of nitrogens with zero attached hydrogens (tertiary/aromatic N) is 4. The molecule has 0 saturated heterocycles. The van der Waals surface area contributed by atoms with Gasteiger partial charge in [-0.25, -0.2) is 4.98 Å². The molecule has 6 heteroatoms. The summed E-state index contributed by atoms with van der Waals surface area (Å²) in [5.41, 5.74) is 3.37. The topological polar surface area (TPSA) is 35.6 Å². The average Bonchev–Trinajstić information content (AvgIpc) is 3.01. The molecule has 3 rings (SSSR count). The molecule has 0 atom stereocenters. The molecule has 0 radical (unpaired) electrons. The fourth-order valence-electron chi connectivity index (χ4n) is 2.54. The van der Waals surface area contributed by atoms with Gasteiger partial charge in [-0.05, 0) is 24.3 Å². The molecule has 0 spiro atoms. The lowest BCUT2D eigenvalue weighted by molar-refractivity contribution is 0.628. The number of benzene rings is 1. The maximum absolute atomic E-state index is 5.92. The van der Waals surface area contributed by atoms with Crippen molar-refractivity contribution in [1.29, 1.82) is 0 Å². The number of hydrogen-bond donors (Lipinski definition) is 0. The van der Waals surface area contributed by atoms with E-state index in [0.717, 1.165) is 40.7 Å². The van der Waals surface area contributed by atoms with E-state index >= 15 is 0 Å². The van der Waals surface area contributed by atoms with E-state index in [9.17, 15) is 0 Å². The summed E-state index contributed by atoms with van der Waals surface area (Å²) in [5, 5.41) is 4.21. The Morgan fingerprint density at radius 3 is 2.81 bits per heavy atom. The van der Waals surface area contributed by atoms with Gasteiger partial charge < -0.3 is 4.57 Å². The van der Waals surface area contributed by atoms with E-state index in [2.05, 4.69) is 37.7 Å². The highest BCUT2D eigenvalue weighted by molar-refractivity contribution is 9.10. The second-order valence-electron chi connectivity index (χ2n) is 4.95. The second-order valence-corrected chi connectivity index (χ2v) is 6.24. The third kappa shape index (κ3) is 2.99. The Bertz CT molecular complexity index is 762. The molecule has 0 aliphatic heterocycles. The molecule has 2 heterocycles. The Morgan fingerprint density at radius 1 is 1.24 bits per heavy atom. The summed E-state index contributed by atoms with van der Waals surface area (Å²) in [6.45, 7) is 0.874. The SMILES string of the molecule is Cn1nccc1CCn1c(CCCl)nc2ccc(Br)cc21. The van der Waals surface area contributed by atoms with Gasteiger partial charge in [0.2, 0.25) is 0 Å². The van der Waals surface area contributed by atoms with E-state index in [1.54, 1.807) is 0 Å². The molecule has 0 aliphatic carbocycles. The summed E-state index contributed by atoms with van der Waals surface area (Å²) in [6, 6.07) is 8.22. The molecule has 0 amide bonds. The van der Waals surface area contributed by atoms with Gasteiger partial charge in [-0.15, -0.1) is 11.6 Å². The van der Waals surface area contributed by atoms with Crippen LogP contribution in [0.2, 0.25) is 0 Å². The fraction of sp³-hybridized carbons (Fsp3) is 0.333. The summed E-state index contributed by atoms with van der Waals surface area (Å²) in [4.78, 5) is 4.70. The lowest BCUT2D eigenvalue weighted by Gasteiger charge is -2.09. The van der Waals surface area contributed by atoms with Crippen LogP contribution < -0.4 is 0 Å². The van der Waals surface area contributed by atoms with E-state index in [-0.39, 0.29) is 0 Å². The third-order valence-electron chi connectivity index (χ3n) is 3.62. The normalized spacial score (nSPS) is 11.4. The Hall–Kier alpha value is -1.33. The van der Waals surface area contributed by atoms with Crippen molar-refractivity contribution in [3.05, 3.63) is 46.5 Å². The van der Waals surface area contributed by atoms with Gasteiger partial charge in [0.05, 0.1) is 11.0 Å². The predicted molar refractivity (Wildman–Crippen MR) is 88.8 cm³/mol. The summed E-state index contributed by atoms with van der Waals surface area (Å²) < 4.78 is 5.24. The standard InChI is InChI=1S/C15H16BrClN4/c1-20-12(5-8-18-20)6-9-21-14-10-11(16)2-3-13(14)19-15(21)4-7-17/h2-3,5,8,10H,4,6-7,9H2,1H3. The fourth-order valence-corrected chi connectivity index (χ4v) is 3.06. The minimum Gasteiger partial charge on any atom is -0.328 e. The van der Waals surface area contributed by atoms with E-state index < -0.39 is 0 Å². The van der Waals surface area contributed by atoms with Gasteiger partial charge in [0.25, 0.3) is 0 Å². The lowest BCUT2D eigenvalue weighted by Crippen LogP contribution is -2.09. The zero-order valence-electron chi connectivity index (χ0n) is 11.8. The molecule has 0 fully saturated rings. The van der Waals surface area contributed by atoms with Crippen molar-refractivity contribution in [2.75, 3.05) is 5.88 Å². The smallest absolute Gasteiger partial charge is 0.111 e. The van der Waals surface area contributed by atoms with Crippen LogP contribution in [0.5, 0.6) is 0 Å². The largest absolute Gasteiger partial charge is 0.328 e. The van der Waals surface area contributed by atoms with Crippen LogP contribution in [0.4, 0.5) is 0 Å². The van der Waals surface area contributed by atoms with Crippen LogP contribution in [0.15, 0.2) is 34.9 Å². The molecule has 110 valence electrons. The molecule has 0 aliphatic rings. The second kappa shape index (κ2) is 6.20. The van der Waals surface area contributed by atoms with Crippen LogP contribution in [-0.2, 0) is 26.4 Å². The maximum atomic E-state index is 5.92. The van der Waals surface area contributed by atoms with Gasteiger partial charge >= 0.3 is 0 Å². The van der Waals surface area contributed by atoms with Crippen molar-refractivity contribution in [1.82, 2.24) is 19.3 Å². The van der Waals surface area contributed by atoms with Crippen LogP contribution in [0.3, 0.4) is 0 Å². The Balaban J connectivity index is 1.96. The van der Waals surface area contributed by atoms with E-state index in [1.165, 1.54) is 5.69 Å². The zero-order chi connectivity index (χ0) is 14.8. The van der Waals surface area contributed by atoms with Crippen molar-refractivity contribution in [3.63, 3.8) is 0 Å². The monoisotopic (exact) mass is 366 g/mol. The Morgan fingerprint density at radius 2 is 2.10 bits per heavy atom. The molecule has 1 aromatic carbocycles. The third-order valence-corrected chi connectivity index (χ3v) is 4.30. The highest BCUT2D eigenvalue weighted by Gasteiger charge is 2.11. The van der Waals surface area contributed by atoms with Gasteiger partial charge in [-0.3, -0.25) is 4.68 Å². The summed E-state index contributed by atoms with van der Waals surface area (Å²) >= 11 is 9.45. The Kier molecular flexibility index (Phi) is 4.31. The quantitative estimate of drug-likeness (QED) is 0.646. The first kappa shape index (κ1) is 14.6. The molecular formula is C15H16BrClN4. The number of halogens is 2. The van der Waals surface area contributed by atoms with Crippen molar-refractivity contribution in [2.45, 2.75) is 19.4 Å². The number of fused-ring (bicyclic) bond motifs is 1. The first-order chi connectivity index (χ1) is 10.2. The molecule has 2 aromatic heterocycles. The van der Waals surface area contributed by atoms with Crippen LogP contribution in [-0.4, -0.2) is 25.2 Å². The number of alkyl halides is 1.